The molecule has 6 nitrogen and oxygen atoms in total. The molecule has 136 valence electrons. The van der Waals surface area contributed by atoms with Crippen LogP contribution in [0, 0.1) is 11.7 Å². The molecule has 3 aliphatic heterocycles. The number of aliphatic imine (C=N–C) groups is 1. The Morgan fingerprint density at radius 1 is 1.31 bits per heavy atom. The van der Waals surface area contributed by atoms with Crippen molar-refractivity contribution in [2.24, 2.45) is 10.9 Å². The van der Waals surface area contributed by atoms with E-state index in [9.17, 15) is 9.18 Å². The first kappa shape index (κ1) is 16.8. The number of ether oxygens (including phenoxy) is 1. The summed E-state index contributed by atoms with van der Waals surface area (Å²) in [5, 5.41) is 0. The lowest BCUT2D eigenvalue weighted by molar-refractivity contribution is -0.0194. The van der Waals surface area contributed by atoms with Gasteiger partial charge < -0.3 is 9.64 Å². The molecule has 1 unspecified atom stereocenters. The zero-order chi connectivity index (χ0) is 17.9. The van der Waals surface area contributed by atoms with Crippen molar-refractivity contribution in [3.05, 3.63) is 59.8 Å². The first-order valence-corrected chi connectivity index (χ1v) is 8.77. The fourth-order valence-electron chi connectivity index (χ4n) is 3.37. The van der Waals surface area contributed by atoms with Crippen LogP contribution in [-0.4, -0.2) is 36.0 Å². The van der Waals surface area contributed by atoms with Gasteiger partial charge in [-0.25, -0.2) is 19.7 Å². The van der Waals surface area contributed by atoms with Gasteiger partial charge in [0.25, 0.3) is 5.91 Å². The smallest absolute Gasteiger partial charge is 0.253 e. The van der Waals surface area contributed by atoms with E-state index in [4.69, 9.17) is 9.57 Å². The molecule has 2 atom stereocenters. The number of allylic oxidation sites excluding steroid dienone is 2. The van der Waals surface area contributed by atoms with Crippen molar-refractivity contribution in [2.75, 3.05) is 13.1 Å². The molecule has 7 heteroatoms. The predicted molar refractivity (Wildman–Crippen MR) is 93.4 cm³/mol. The van der Waals surface area contributed by atoms with Gasteiger partial charge in [-0.1, -0.05) is 0 Å². The van der Waals surface area contributed by atoms with Gasteiger partial charge in [-0.15, -0.1) is 0 Å². The van der Waals surface area contributed by atoms with E-state index in [0.29, 0.717) is 30.2 Å². The standard InChI is InChI=1S/C19H20FN3O3/c20-15-8-6-13(7-9-15)19(24)23-10-3-4-14(12-23)18-21-17(22-26-18)16-5-1-2-11-25-16/h2,5-9,11,14,18H,1,3-4,10,12H2,(H,21,22)/t14-,18?/m0/s1. The third-order valence-corrected chi connectivity index (χ3v) is 4.74. The van der Waals surface area contributed by atoms with Gasteiger partial charge in [-0.2, -0.15) is 0 Å². The SMILES string of the molecule is O=C(c1ccc(F)cc1)N1CCC[C@H](C2N=C(C3=CCC=CO3)NO2)C1. The van der Waals surface area contributed by atoms with Crippen molar-refractivity contribution in [1.29, 1.82) is 0 Å². The Balaban J connectivity index is 1.42. The van der Waals surface area contributed by atoms with Crippen LogP contribution in [0.5, 0.6) is 0 Å². The lowest BCUT2D eigenvalue weighted by atomic mass is 9.96. The molecule has 1 amide bonds. The molecule has 26 heavy (non-hydrogen) atoms. The van der Waals surface area contributed by atoms with Crippen molar-refractivity contribution < 1.29 is 18.8 Å². The van der Waals surface area contributed by atoms with Gasteiger partial charge in [-0.05, 0) is 55.7 Å². The second-order valence-electron chi connectivity index (χ2n) is 6.54. The van der Waals surface area contributed by atoms with E-state index >= 15 is 0 Å². The molecule has 0 saturated carbocycles. The minimum atomic E-state index is -0.357. The summed E-state index contributed by atoms with van der Waals surface area (Å²) in [6.45, 7) is 1.24. The highest BCUT2D eigenvalue weighted by atomic mass is 19.1. The minimum Gasteiger partial charge on any atom is -0.462 e. The maximum atomic E-state index is 13.1. The predicted octanol–water partition coefficient (Wildman–Crippen LogP) is 2.76. The van der Waals surface area contributed by atoms with Crippen LogP contribution in [0.3, 0.4) is 0 Å². The van der Waals surface area contributed by atoms with Crippen LogP contribution < -0.4 is 5.48 Å². The summed E-state index contributed by atoms with van der Waals surface area (Å²) in [5.41, 5.74) is 3.33. The number of carbonyl (C=O) groups is 1. The molecule has 0 aromatic heterocycles. The number of nitrogens with one attached hydrogen (secondary N) is 1. The average Bonchev–Trinajstić information content (AvgIpc) is 3.19. The Morgan fingerprint density at radius 3 is 2.92 bits per heavy atom. The summed E-state index contributed by atoms with van der Waals surface area (Å²) in [5.74, 6) is 0.900. The van der Waals surface area contributed by atoms with Crippen LogP contribution in [-0.2, 0) is 9.57 Å². The zero-order valence-corrected chi connectivity index (χ0v) is 14.2. The van der Waals surface area contributed by atoms with Gasteiger partial charge in [0.2, 0.25) is 0 Å². The van der Waals surface area contributed by atoms with Crippen molar-refractivity contribution in [1.82, 2.24) is 10.4 Å². The van der Waals surface area contributed by atoms with E-state index in [1.807, 2.05) is 12.2 Å². The van der Waals surface area contributed by atoms with Gasteiger partial charge in [0.15, 0.2) is 17.8 Å². The van der Waals surface area contributed by atoms with Crippen molar-refractivity contribution in [2.45, 2.75) is 25.5 Å². The quantitative estimate of drug-likeness (QED) is 0.904. The Kier molecular flexibility index (Phi) is 4.71. The number of amidine groups is 1. The van der Waals surface area contributed by atoms with Crippen molar-refractivity contribution >= 4 is 11.7 Å². The number of hydroxylamine groups is 1. The Hall–Kier alpha value is -2.67. The second kappa shape index (κ2) is 7.29. The average molecular weight is 357 g/mol. The fraction of sp³-hybridized carbons (Fsp3) is 0.368. The molecule has 3 aliphatic rings. The van der Waals surface area contributed by atoms with Gasteiger partial charge in [0, 0.05) is 24.6 Å². The summed E-state index contributed by atoms with van der Waals surface area (Å²) in [4.78, 5) is 24.7. The van der Waals surface area contributed by atoms with E-state index in [1.54, 1.807) is 11.2 Å². The largest absolute Gasteiger partial charge is 0.462 e. The maximum Gasteiger partial charge on any atom is 0.253 e. The third-order valence-electron chi connectivity index (χ3n) is 4.74. The fourth-order valence-corrected chi connectivity index (χ4v) is 3.37. The van der Waals surface area contributed by atoms with Gasteiger partial charge >= 0.3 is 0 Å². The highest BCUT2D eigenvalue weighted by molar-refractivity contribution is 5.97. The number of piperidine rings is 1. The molecule has 1 saturated heterocycles. The highest BCUT2D eigenvalue weighted by Crippen LogP contribution is 2.26. The minimum absolute atomic E-state index is 0.0895. The monoisotopic (exact) mass is 357 g/mol. The van der Waals surface area contributed by atoms with E-state index < -0.39 is 0 Å². The molecule has 4 rings (SSSR count). The number of amides is 1. The number of hydrogen-bond acceptors (Lipinski definition) is 5. The normalized spacial score (nSPS) is 25.2. The number of halogens is 1. The number of benzene rings is 1. The molecule has 0 spiro atoms. The van der Waals surface area contributed by atoms with Crippen LogP contribution in [0.25, 0.3) is 0 Å². The van der Waals surface area contributed by atoms with Crippen molar-refractivity contribution in [3.63, 3.8) is 0 Å². The molecule has 3 heterocycles. The Labute approximate surface area is 150 Å². The van der Waals surface area contributed by atoms with Crippen LogP contribution in [0.4, 0.5) is 4.39 Å². The first-order chi connectivity index (χ1) is 12.7. The molecular formula is C19H20FN3O3. The van der Waals surface area contributed by atoms with Crippen LogP contribution in [0.1, 0.15) is 29.6 Å². The zero-order valence-electron chi connectivity index (χ0n) is 14.2. The maximum absolute atomic E-state index is 13.1. The molecule has 1 aromatic rings. The van der Waals surface area contributed by atoms with E-state index in [1.165, 1.54) is 24.3 Å². The van der Waals surface area contributed by atoms with E-state index in [0.717, 1.165) is 19.3 Å². The number of carbonyl (C=O) groups excluding carboxylic acids is 1. The van der Waals surface area contributed by atoms with Crippen LogP contribution in [0.15, 0.2) is 53.4 Å². The molecule has 0 aliphatic carbocycles. The lowest BCUT2D eigenvalue weighted by Crippen LogP contribution is -2.43. The lowest BCUT2D eigenvalue weighted by Gasteiger charge is -2.34. The Bertz CT molecular complexity index is 773. The van der Waals surface area contributed by atoms with Crippen LogP contribution >= 0.6 is 0 Å². The molecular weight excluding hydrogens is 337 g/mol. The van der Waals surface area contributed by atoms with Crippen LogP contribution in [0.2, 0.25) is 0 Å². The topological polar surface area (TPSA) is 63.2 Å². The summed E-state index contributed by atoms with van der Waals surface area (Å²) < 4.78 is 18.5. The van der Waals surface area contributed by atoms with E-state index in [-0.39, 0.29) is 23.9 Å². The van der Waals surface area contributed by atoms with E-state index in [2.05, 4.69) is 10.5 Å². The first-order valence-electron chi connectivity index (χ1n) is 8.77. The highest BCUT2D eigenvalue weighted by Gasteiger charge is 2.34. The number of rotatable bonds is 3. The van der Waals surface area contributed by atoms with Gasteiger partial charge in [0.05, 0.1) is 6.26 Å². The van der Waals surface area contributed by atoms with Gasteiger partial charge in [0.1, 0.15) is 5.82 Å². The molecule has 0 bridgehead atoms. The van der Waals surface area contributed by atoms with Gasteiger partial charge in [-0.3, -0.25) is 4.79 Å². The van der Waals surface area contributed by atoms with Crippen molar-refractivity contribution in [3.8, 4) is 0 Å². The number of nitrogens with zero attached hydrogens (tertiary/aromatic N) is 2. The number of likely N-dealkylation sites (tertiary alicyclic amines) is 1. The summed E-state index contributed by atoms with van der Waals surface area (Å²) in [7, 11) is 0. The summed E-state index contributed by atoms with van der Waals surface area (Å²) >= 11 is 0. The molecule has 1 aromatic carbocycles. The molecule has 1 fully saturated rings. The molecule has 1 N–H and O–H groups in total. The summed E-state index contributed by atoms with van der Waals surface area (Å²) in [6.07, 6.45) is 7.73. The summed E-state index contributed by atoms with van der Waals surface area (Å²) in [6, 6.07) is 5.65. The third kappa shape index (κ3) is 3.48. The number of hydrogen-bond donors (Lipinski definition) is 1. The Morgan fingerprint density at radius 2 is 2.15 bits per heavy atom. The second-order valence-corrected chi connectivity index (χ2v) is 6.54. The molecule has 0 radical (unpaired) electrons.